The smallest absolute Gasteiger partial charge is 0.0837 e. The van der Waals surface area contributed by atoms with Gasteiger partial charge in [-0.15, -0.1) is 0 Å². The molecule has 64 valence electrons. The Hall–Kier alpha value is -1.31. The van der Waals surface area contributed by atoms with Gasteiger partial charge in [-0.1, -0.05) is 34.5 Å². The molecule has 2 nitrogen and oxygen atoms in total. The van der Waals surface area contributed by atoms with Crippen LogP contribution in [0.25, 0.3) is 0 Å². The van der Waals surface area contributed by atoms with Crippen LogP contribution in [-0.4, -0.2) is 10.9 Å². The van der Waals surface area contributed by atoms with E-state index in [9.17, 15) is 0 Å². The van der Waals surface area contributed by atoms with Gasteiger partial charge in [-0.05, 0) is 26.3 Å². The summed E-state index contributed by atoms with van der Waals surface area (Å²) in [5.74, 6) is 0. The number of oxime groups is 1. The lowest BCUT2D eigenvalue weighted by atomic mass is 10.0. The molecule has 1 N–H and O–H groups in total. The average Bonchev–Trinajstić information content (AvgIpc) is 2.01. The molecule has 0 amide bonds. The maximum Gasteiger partial charge on any atom is 0.0837 e. The van der Waals surface area contributed by atoms with Crippen molar-refractivity contribution in [3.8, 4) is 0 Å². The highest BCUT2D eigenvalue weighted by Crippen LogP contribution is 2.09. The maximum atomic E-state index is 8.56. The summed E-state index contributed by atoms with van der Waals surface area (Å²) in [7, 11) is 0. The predicted molar refractivity (Wildman–Crippen MR) is 49.9 cm³/mol. The molecule has 0 aliphatic heterocycles. The molecule has 0 atom stereocenters. The minimum absolute atomic E-state index is 0.654. The van der Waals surface area contributed by atoms with Crippen molar-refractivity contribution < 1.29 is 5.21 Å². The lowest BCUT2D eigenvalue weighted by molar-refractivity contribution is 0.319. The molecule has 1 rings (SSSR count). The maximum absolute atomic E-state index is 8.56. The minimum atomic E-state index is 0.654. The first kappa shape index (κ1) is 8.78. The van der Waals surface area contributed by atoms with Crippen molar-refractivity contribution >= 4 is 5.71 Å². The van der Waals surface area contributed by atoms with Crippen LogP contribution in [0, 0.1) is 13.8 Å². The average molecular weight is 163 g/mol. The summed E-state index contributed by atoms with van der Waals surface area (Å²) in [6.45, 7) is 5.84. The molecule has 0 saturated heterocycles. The highest BCUT2D eigenvalue weighted by atomic mass is 16.4. The molecular formula is C10H13NO. The van der Waals surface area contributed by atoms with Crippen LogP contribution >= 0.6 is 0 Å². The van der Waals surface area contributed by atoms with Crippen molar-refractivity contribution in [2.24, 2.45) is 5.16 Å². The van der Waals surface area contributed by atoms with Crippen molar-refractivity contribution in [2.45, 2.75) is 20.8 Å². The Bertz CT molecular complexity index is 295. The van der Waals surface area contributed by atoms with Gasteiger partial charge in [0.1, 0.15) is 0 Å². The van der Waals surface area contributed by atoms with E-state index >= 15 is 0 Å². The molecule has 2 heteroatoms. The summed E-state index contributed by atoms with van der Waals surface area (Å²) in [5, 5.41) is 11.7. The van der Waals surface area contributed by atoms with Crippen molar-refractivity contribution in [2.75, 3.05) is 0 Å². The van der Waals surface area contributed by atoms with Gasteiger partial charge in [0.25, 0.3) is 0 Å². The first-order valence-corrected chi connectivity index (χ1v) is 3.91. The quantitative estimate of drug-likeness (QED) is 0.385. The van der Waals surface area contributed by atoms with E-state index in [2.05, 4.69) is 11.2 Å². The number of hydrogen-bond donors (Lipinski definition) is 1. The van der Waals surface area contributed by atoms with Crippen LogP contribution in [0.4, 0.5) is 0 Å². The molecule has 1 aromatic rings. The zero-order valence-electron chi connectivity index (χ0n) is 7.63. The van der Waals surface area contributed by atoms with Crippen LogP contribution in [0.3, 0.4) is 0 Å². The fourth-order valence-corrected chi connectivity index (χ4v) is 1.24. The number of benzene rings is 1. The molecular weight excluding hydrogens is 150 g/mol. The van der Waals surface area contributed by atoms with Gasteiger partial charge in [0, 0.05) is 0 Å². The van der Waals surface area contributed by atoms with E-state index in [0.29, 0.717) is 5.71 Å². The van der Waals surface area contributed by atoms with E-state index in [4.69, 9.17) is 5.21 Å². The van der Waals surface area contributed by atoms with E-state index in [1.165, 1.54) is 11.1 Å². The van der Waals surface area contributed by atoms with Crippen LogP contribution < -0.4 is 0 Å². The van der Waals surface area contributed by atoms with Gasteiger partial charge in [0.2, 0.25) is 0 Å². The third-order valence-corrected chi connectivity index (χ3v) is 1.79. The molecule has 0 bridgehead atoms. The Kier molecular flexibility index (Phi) is 2.48. The highest BCUT2D eigenvalue weighted by molar-refractivity contribution is 5.98. The SMILES string of the molecule is C/C(=N\O)c1cc(C)cc(C)c1. The zero-order valence-corrected chi connectivity index (χ0v) is 7.63. The predicted octanol–water partition coefficient (Wildman–Crippen LogP) is 2.50. The molecule has 0 saturated carbocycles. The second-order valence-electron chi connectivity index (χ2n) is 3.06. The number of hydrogen-bond acceptors (Lipinski definition) is 2. The molecule has 0 unspecified atom stereocenters. The van der Waals surface area contributed by atoms with Crippen molar-refractivity contribution in [1.82, 2.24) is 0 Å². The van der Waals surface area contributed by atoms with Crippen LogP contribution in [0.1, 0.15) is 23.6 Å². The molecule has 1 aromatic carbocycles. The lowest BCUT2D eigenvalue weighted by Crippen LogP contribution is -1.95. The summed E-state index contributed by atoms with van der Waals surface area (Å²) in [5.41, 5.74) is 4.01. The summed E-state index contributed by atoms with van der Waals surface area (Å²) < 4.78 is 0. The zero-order chi connectivity index (χ0) is 9.14. The fourth-order valence-electron chi connectivity index (χ4n) is 1.24. The Morgan fingerprint density at radius 3 is 2.08 bits per heavy atom. The van der Waals surface area contributed by atoms with Gasteiger partial charge in [-0.25, -0.2) is 0 Å². The third-order valence-electron chi connectivity index (χ3n) is 1.79. The molecule has 0 aliphatic carbocycles. The Morgan fingerprint density at radius 2 is 1.67 bits per heavy atom. The first-order chi connectivity index (χ1) is 5.63. The number of rotatable bonds is 1. The van der Waals surface area contributed by atoms with Crippen LogP contribution in [0.15, 0.2) is 23.4 Å². The second-order valence-corrected chi connectivity index (χ2v) is 3.06. The molecule has 0 radical (unpaired) electrons. The summed E-state index contributed by atoms with van der Waals surface area (Å²) in [6, 6.07) is 6.10. The van der Waals surface area contributed by atoms with Crippen LogP contribution in [-0.2, 0) is 0 Å². The van der Waals surface area contributed by atoms with Gasteiger partial charge in [0.15, 0.2) is 0 Å². The Labute approximate surface area is 72.5 Å². The molecule has 12 heavy (non-hydrogen) atoms. The Morgan fingerprint density at radius 1 is 1.17 bits per heavy atom. The molecule has 0 aliphatic rings. The summed E-state index contributed by atoms with van der Waals surface area (Å²) in [6.07, 6.45) is 0. The Balaban J connectivity index is 3.17. The molecule has 0 aromatic heterocycles. The largest absolute Gasteiger partial charge is 0.411 e. The van der Waals surface area contributed by atoms with E-state index in [-0.39, 0.29) is 0 Å². The summed E-state index contributed by atoms with van der Waals surface area (Å²) in [4.78, 5) is 0. The van der Waals surface area contributed by atoms with Crippen molar-refractivity contribution in [3.63, 3.8) is 0 Å². The topological polar surface area (TPSA) is 32.6 Å². The number of nitrogens with zero attached hydrogens (tertiary/aromatic N) is 1. The monoisotopic (exact) mass is 163 g/mol. The van der Waals surface area contributed by atoms with E-state index in [1.807, 2.05) is 26.0 Å². The van der Waals surface area contributed by atoms with Gasteiger partial charge >= 0.3 is 0 Å². The van der Waals surface area contributed by atoms with E-state index in [1.54, 1.807) is 6.92 Å². The van der Waals surface area contributed by atoms with Gasteiger partial charge in [-0.2, -0.15) is 0 Å². The molecule has 0 heterocycles. The van der Waals surface area contributed by atoms with Crippen molar-refractivity contribution in [1.29, 1.82) is 0 Å². The molecule has 0 spiro atoms. The number of aryl methyl sites for hydroxylation is 2. The summed E-state index contributed by atoms with van der Waals surface area (Å²) >= 11 is 0. The van der Waals surface area contributed by atoms with Crippen molar-refractivity contribution in [3.05, 3.63) is 34.9 Å². The van der Waals surface area contributed by atoms with Gasteiger partial charge in [0.05, 0.1) is 5.71 Å². The minimum Gasteiger partial charge on any atom is -0.411 e. The van der Waals surface area contributed by atoms with E-state index in [0.717, 1.165) is 5.56 Å². The third kappa shape index (κ3) is 1.84. The standard InChI is InChI=1S/C10H13NO/c1-7-4-8(2)6-10(5-7)9(3)11-12/h4-6,12H,1-3H3/b11-9+. The van der Waals surface area contributed by atoms with E-state index < -0.39 is 0 Å². The van der Waals surface area contributed by atoms with Crippen LogP contribution in [0.2, 0.25) is 0 Å². The molecule has 0 fully saturated rings. The second kappa shape index (κ2) is 3.39. The van der Waals surface area contributed by atoms with Gasteiger partial charge in [-0.3, -0.25) is 0 Å². The fraction of sp³-hybridized carbons (Fsp3) is 0.300. The van der Waals surface area contributed by atoms with Gasteiger partial charge < -0.3 is 5.21 Å². The van der Waals surface area contributed by atoms with Crippen LogP contribution in [0.5, 0.6) is 0 Å². The highest BCUT2D eigenvalue weighted by Gasteiger charge is 1.98. The lowest BCUT2D eigenvalue weighted by Gasteiger charge is -2.02. The normalized spacial score (nSPS) is 11.8. The first-order valence-electron chi connectivity index (χ1n) is 3.91.